The van der Waals surface area contributed by atoms with E-state index in [9.17, 15) is 0 Å². The molecule has 0 aromatic carbocycles. The molecule has 0 saturated carbocycles. The minimum absolute atomic E-state index is 1.24. The summed E-state index contributed by atoms with van der Waals surface area (Å²) in [7, 11) is 0. The van der Waals surface area contributed by atoms with Crippen molar-refractivity contribution in [2.45, 2.75) is 19.8 Å². The van der Waals surface area contributed by atoms with E-state index >= 15 is 0 Å². The maximum atomic E-state index is 2.36. The first-order valence-electron chi connectivity index (χ1n) is 2.26. The average Bonchev–Trinajstić information content (AvgIpc) is 1.68. The van der Waals surface area contributed by atoms with Gasteiger partial charge >= 0.3 is 0 Å². The molecule has 0 N–H and O–H groups in total. The molecule has 0 aromatic heterocycles. The van der Waals surface area contributed by atoms with Crippen molar-refractivity contribution in [1.82, 2.24) is 0 Å². The first-order chi connectivity index (χ1) is 3.31. The standard InChI is InChI=1S/C5H8I2/c1-2-3-5(7)4-6/h4H,2-3H2,1H3. The van der Waals surface area contributed by atoms with Crippen LogP contribution in [0.3, 0.4) is 0 Å². The Morgan fingerprint density at radius 2 is 2.29 bits per heavy atom. The second-order valence-corrected chi connectivity index (χ2v) is 3.31. The molecule has 0 amide bonds. The fourth-order valence-corrected chi connectivity index (χ4v) is 1.14. The van der Waals surface area contributed by atoms with Crippen molar-refractivity contribution in [2.75, 3.05) is 0 Å². The SMILES string of the molecule is CCCC(I)=CI. The third-order valence-electron chi connectivity index (χ3n) is 0.607. The summed E-state index contributed by atoms with van der Waals surface area (Å²) in [6, 6.07) is 0. The van der Waals surface area contributed by atoms with Crippen LogP contribution >= 0.6 is 45.2 Å². The third-order valence-corrected chi connectivity index (χ3v) is 3.40. The van der Waals surface area contributed by atoms with Gasteiger partial charge in [-0.2, -0.15) is 0 Å². The van der Waals surface area contributed by atoms with Crippen LogP contribution in [0.2, 0.25) is 0 Å². The van der Waals surface area contributed by atoms with E-state index in [2.05, 4.69) is 56.2 Å². The largest absolute Gasteiger partial charge is 0.0650 e. The van der Waals surface area contributed by atoms with Gasteiger partial charge < -0.3 is 0 Å². The van der Waals surface area contributed by atoms with Crippen molar-refractivity contribution in [1.29, 1.82) is 0 Å². The summed E-state index contributed by atoms with van der Waals surface area (Å²) >= 11 is 4.63. The van der Waals surface area contributed by atoms with Gasteiger partial charge in [-0.15, -0.1) is 0 Å². The first kappa shape index (κ1) is 8.20. The van der Waals surface area contributed by atoms with Crippen molar-refractivity contribution in [3.63, 3.8) is 0 Å². The van der Waals surface area contributed by atoms with Gasteiger partial charge in [0.25, 0.3) is 0 Å². The molecule has 0 spiro atoms. The van der Waals surface area contributed by atoms with Crippen molar-refractivity contribution < 1.29 is 0 Å². The highest BCUT2D eigenvalue weighted by atomic mass is 127. The number of hydrogen-bond acceptors (Lipinski definition) is 0. The fraction of sp³-hybridized carbons (Fsp3) is 0.600. The van der Waals surface area contributed by atoms with Crippen LogP contribution in [-0.2, 0) is 0 Å². The Kier molecular flexibility index (Phi) is 6.25. The van der Waals surface area contributed by atoms with E-state index < -0.39 is 0 Å². The van der Waals surface area contributed by atoms with Gasteiger partial charge in [-0.1, -0.05) is 35.9 Å². The number of allylic oxidation sites excluding steroid dienone is 1. The van der Waals surface area contributed by atoms with Gasteiger partial charge in [-0.25, -0.2) is 0 Å². The molecule has 0 aliphatic rings. The van der Waals surface area contributed by atoms with Crippen LogP contribution in [0.4, 0.5) is 0 Å². The quantitative estimate of drug-likeness (QED) is 0.683. The first-order valence-corrected chi connectivity index (χ1v) is 4.58. The summed E-state index contributed by atoms with van der Waals surface area (Å²) in [5.41, 5.74) is 0. The van der Waals surface area contributed by atoms with E-state index in [4.69, 9.17) is 0 Å². The Labute approximate surface area is 72.0 Å². The Morgan fingerprint density at radius 1 is 1.71 bits per heavy atom. The van der Waals surface area contributed by atoms with Crippen molar-refractivity contribution in [3.8, 4) is 0 Å². The number of rotatable bonds is 2. The zero-order chi connectivity index (χ0) is 5.70. The van der Waals surface area contributed by atoms with E-state index in [1.807, 2.05) is 0 Å². The normalized spacial score (nSPS) is 12.1. The molecule has 2 heteroatoms. The summed E-state index contributed by atoms with van der Waals surface area (Å²) in [6.07, 6.45) is 2.50. The average molecular weight is 322 g/mol. The second-order valence-electron chi connectivity index (χ2n) is 1.31. The second kappa shape index (κ2) is 5.34. The molecule has 0 aromatic rings. The Hall–Kier alpha value is 1.20. The van der Waals surface area contributed by atoms with Gasteiger partial charge in [0.15, 0.2) is 0 Å². The minimum Gasteiger partial charge on any atom is -0.0650 e. The van der Waals surface area contributed by atoms with Gasteiger partial charge in [0.05, 0.1) is 0 Å². The molecular weight excluding hydrogens is 314 g/mol. The molecule has 42 valence electrons. The molecule has 0 saturated heterocycles. The monoisotopic (exact) mass is 322 g/mol. The molecule has 0 heterocycles. The summed E-state index contributed by atoms with van der Waals surface area (Å²) in [6.45, 7) is 2.19. The zero-order valence-electron chi connectivity index (χ0n) is 4.25. The molecule has 0 atom stereocenters. The number of halogens is 2. The van der Waals surface area contributed by atoms with Crippen LogP contribution in [0.1, 0.15) is 19.8 Å². The molecule has 0 aliphatic heterocycles. The molecule has 0 nitrogen and oxygen atoms in total. The lowest BCUT2D eigenvalue weighted by molar-refractivity contribution is 0.956. The molecule has 0 fully saturated rings. The highest BCUT2D eigenvalue weighted by Crippen LogP contribution is 2.14. The summed E-state index contributed by atoms with van der Waals surface area (Å²) in [4.78, 5) is 0. The van der Waals surface area contributed by atoms with Crippen LogP contribution in [0.25, 0.3) is 0 Å². The third kappa shape index (κ3) is 5.06. The highest BCUT2D eigenvalue weighted by Gasteiger charge is 1.83. The molecule has 7 heavy (non-hydrogen) atoms. The summed E-state index contributed by atoms with van der Waals surface area (Å²) < 4.78 is 3.59. The van der Waals surface area contributed by atoms with Crippen molar-refractivity contribution >= 4 is 45.2 Å². The Bertz CT molecular complexity index is 66.5. The molecular formula is C5H8I2. The lowest BCUT2D eigenvalue weighted by Gasteiger charge is -1.87. The highest BCUT2D eigenvalue weighted by molar-refractivity contribution is 14.1. The minimum atomic E-state index is 1.24. The van der Waals surface area contributed by atoms with Crippen LogP contribution in [-0.4, -0.2) is 0 Å². The lowest BCUT2D eigenvalue weighted by Crippen LogP contribution is -1.64. The predicted octanol–water partition coefficient (Wildman–Crippen LogP) is 3.50. The van der Waals surface area contributed by atoms with E-state index in [0.29, 0.717) is 0 Å². The molecule has 0 rings (SSSR count). The van der Waals surface area contributed by atoms with Crippen molar-refractivity contribution in [2.24, 2.45) is 0 Å². The molecule has 0 aliphatic carbocycles. The summed E-state index contributed by atoms with van der Waals surface area (Å²) in [5.74, 6) is 0. The van der Waals surface area contributed by atoms with Gasteiger partial charge in [-0.05, 0) is 36.7 Å². The maximum Gasteiger partial charge on any atom is -0.00336 e. The molecule has 0 bridgehead atoms. The smallest absolute Gasteiger partial charge is 0.00336 e. The fourth-order valence-electron chi connectivity index (χ4n) is 0.293. The van der Waals surface area contributed by atoms with E-state index in [1.165, 1.54) is 16.4 Å². The van der Waals surface area contributed by atoms with Gasteiger partial charge in [0.1, 0.15) is 0 Å². The summed E-state index contributed by atoms with van der Waals surface area (Å²) in [5, 5.41) is 0. The zero-order valence-corrected chi connectivity index (χ0v) is 8.56. The van der Waals surface area contributed by atoms with Crippen LogP contribution in [0, 0.1) is 0 Å². The predicted molar refractivity (Wildman–Crippen MR) is 51.0 cm³/mol. The van der Waals surface area contributed by atoms with Crippen LogP contribution < -0.4 is 0 Å². The topological polar surface area (TPSA) is 0 Å². The Balaban J connectivity index is 3.17. The van der Waals surface area contributed by atoms with Crippen LogP contribution in [0.15, 0.2) is 7.66 Å². The van der Waals surface area contributed by atoms with Crippen LogP contribution in [0.5, 0.6) is 0 Å². The van der Waals surface area contributed by atoms with E-state index in [1.54, 1.807) is 0 Å². The van der Waals surface area contributed by atoms with Gasteiger partial charge in [0, 0.05) is 0 Å². The van der Waals surface area contributed by atoms with Gasteiger partial charge in [0.2, 0.25) is 0 Å². The maximum absolute atomic E-state index is 2.36. The molecule has 0 radical (unpaired) electrons. The van der Waals surface area contributed by atoms with Crippen molar-refractivity contribution in [3.05, 3.63) is 7.66 Å². The van der Waals surface area contributed by atoms with Gasteiger partial charge in [-0.3, -0.25) is 0 Å². The number of hydrogen-bond donors (Lipinski definition) is 0. The lowest BCUT2D eigenvalue weighted by atomic mass is 10.3. The van der Waals surface area contributed by atoms with E-state index in [-0.39, 0.29) is 0 Å². The van der Waals surface area contributed by atoms with E-state index in [0.717, 1.165) is 0 Å². The molecule has 0 unspecified atom stereocenters. The Morgan fingerprint density at radius 3 is 2.43 bits per heavy atom.